The molecule has 0 bridgehead atoms. The summed E-state index contributed by atoms with van der Waals surface area (Å²) in [5.74, 6) is -0.288. The van der Waals surface area contributed by atoms with Crippen LogP contribution in [0.5, 0.6) is 0 Å². The number of halogens is 1. The Morgan fingerprint density at radius 2 is 2.09 bits per heavy atom. The van der Waals surface area contributed by atoms with Gasteiger partial charge >= 0.3 is 5.97 Å². The molecule has 11 heavy (non-hydrogen) atoms. The summed E-state index contributed by atoms with van der Waals surface area (Å²) in [6, 6.07) is 0. The summed E-state index contributed by atoms with van der Waals surface area (Å²) in [5, 5.41) is 0. The summed E-state index contributed by atoms with van der Waals surface area (Å²) >= 11 is 2.16. The van der Waals surface area contributed by atoms with Crippen LogP contribution in [-0.4, -0.2) is 13.1 Å². The minimum Gasteiger partial charge on any atom is -0.466 e. The zero-order chi connectivity index (χ0) is 8.53. The molecule has 0 aromatic carbocycles. The van der Waals surface area contributed by atoms with Crippen molar-refractivity contribution in [1.29, 1.82) is 0 Å². The van der Waals surface area contributed by atoms with Crippen molar-refractivity contribution in [3.8, 4) is 0 Å². The Balaban J connectivity index is 3.37. The van der Waals surface area contributed by atoms with E-state index in [1.165, 1.54) is 13.2 Å². The average molecular weight is 266 g/mol. The highest BCUT2D eigenvalue weighted by atomic mass is 127. The van der Waals surface area contributed by atoms with E-state index in [9.17, 15) is 4.79 Å². The van der Waals surface area contributed by atoms with Crippen molar-refractivity contribution >= 4 is 28.6 Å². The number of carbonyl (C=O) groups is 1. The first-order valence-electron chi connectivity index (χ1n) is 3.31. The molecule has 2 nitrogen and oxygen atoms in total. The molecule has 0 amide bonds. The fraction of sp³-hybridized carbons (Fsp3) is 0.375. The maximum Gasteiger partial charge on any atom is 0.330 e. The Bertz CT molecular complexity index is 161. The van der Waals surface area contributed by atoms with Gasteiger partial charge in [0.2, 0.25) is 0 Å². The molecule has 0 aliphatic heterocycles. The highest BCUT2D eigenvalue weighted by molar-refractivity contribution is 14.1. The third kappa shape index (κ3) is 7.58. The molecular formula is C8H11IO2. The molecule has 0 fully saturated rings. The number of hydrogen-bond donors (Lipinski definition) is 0. The lowest BCUT2D eigenvalue weighted by atomic mass is 10.3. The Labute approximate surface area is 80.5 Å². The van der Waals surface area contributed by atoms with Gasteiger partial charge in [0.25, 0.3) is 0 Å². The van der Waals surface area contributed by atoms with Crippen LogP contribution < -0.4 is 0 Å². The second-order valence-corrected chi connectivity index (χ2v) is 2.58. The summed E-state index contributed by atoms with van der Waals surface area (Å²) in [6.07, 6.45) is 7.15. The van der Waals surface area contributed by atoms with Gasteiger partial charge in [-0.2, -0.15) is 0 Å². The van der Waals surface area contributed by atoms with Crippen LogP contribution in [0.3, 0.4) is 0 Å². The van der Waals surface area contributed by atoms with Crippen LogP contribution in [-0.2, 0) is 9.53 Å². The van der Waals surface area contributed by atoms with Crippen molar-refractivity contribution in [3.05, 3.63) is 22.3 Å². The summed E-state index contributed by atoms with van der Waals surface area (Å²) in [7, 11) is 1.37. The molecule has 3 heteroatoms. The predicted octanol–water partition coefficient (Wildman–Crippen LogP) is 2.44. The summed E-state index contributed by atoms with van der Waals surface area (Å²) in [4.78, 5) is 10.5. The SMILES string of the molecule is COC(=O)/C=C/CC/C=C\I. The number of methoxy groups -OCH3 is 1. The predicted molar refractivity (Wildman–Crippen MR) is 53.6 cm³/mol. The first kappa shape index (κ1) is 10.7. The van der Waals surface area contributed by atoms with Crippen molar-refractivity contribution in [2.45, 2.75) is 12.8 Å². The second-order valence-electron chi connectivity index (χ2n) is 1.86. The van der Waals surface area contributed by atoms with Crippen molar-refractivity contribution in [2.24, 2.45) is 0 Å². The third-order valence-corrected chi connectivity index (χ3v) is 1.55. The quantitative estimate of drug-likeness (QED) is 0.338. The van der Waals surface area contributed by atoms with Gasteiger partial charge in [0.05, 0.1) is 7.11 Å². The van der Waals surface area contributed by atoms with Crippen molar-refractivity contribution in [2.75, 3.05) is 7.11 Å². The van der Waals surface area contributed by atoms with E-state index in [4.69, 9.17) is 0 Å². The third-order valence-electron chi connectivity index (χ3n) is 1.04. The van der Waals surface area contributed by atoms with Crippen LogP contribution in [0.1, 0.15) is 12.8 Å². The van der Waals surface area contributed by atoms with Crippen LogP contribution in [0.2, 0.25) is 0 Å². The Kier molecular flexibility index (Phi) is 7.56. The highest BCUT2D eigenvalue weighted by Crippen LogP contribution is 1.95. The summed E-state index contributed by atoms with van der Waals surface area (Å²) in [5.41, 5.74) is 0. The molecule has 0 radical (unpaired) electrons. The zero-order valence-corrected chi connectivity index (χ0v) is 8.58. The van der Waals surface area contributed by atoms with Gasteiger partial charge in [-0.3, -0.25) is 0 Å². The van der Waals surface area contributed by atoms with E-state index in [0.29, 0.717) is 0 Å². The standard InChI is InChI=1S/C8H11IO2/c1-11-8(10)6-4-2-3-5-7-9/h4-7H,2-3H2,1H3/b6-4+,7-5-. The van der Waals surface area contributed by atoms with E-state index in [-0.39, 0.29) is 5.97 Å². The topological polar surface area (TPSA) is 26.3 Å². The molecule has 0 aromatic rings. The van der Waals surface area contributed by atoms with Gasteiger partial charge in [0, 0.05) is 6.08 Å². The van der Waals surface area contributed by atoms with Crippen LogP contribution in [0.4, 0.5) is 0 Å². The lowest BCUT2D eigenvalue weighted by Gasteiger charge is -1.88. The van der Waals surface area contributed by atoms with Crippen LogP contribution in [0.25, 0.3) is 0 Å². The molecular weight excluding hydrogens is 255 g/mol. The molecule has 0 spiro atoms. The number of hydrogen-bond acceptors (Lipinski definition) is 2. The van der Waals surface area contributed by atoms with Gasteiger partial charge in [-0.15, -0.1) is 0 Å². The molecule has 0 rings (SSSR count). The number of unbranched alkanes of at least 4 members (excludes halogenated alkanes) is 1. The molecule has 0 aliphatic rings. The number of rotatable bonds is 4. The molecule has 0 aromatic heterocycles. The number of ether oxygens (including phenoxy) is 1. The fourth-order valence-corrected chi connectivity index (χ4v) is 0.863. The first-order chi connectivity index (χ1) is 5.31. The number of carbonyl (C=O) groups excluding carboxylic acids is 1. The van der Waals surface area contributed by atoms with E-state index in [0.717, 1.165) is 12.8 Å². The first-order valence-corrected chi connectivity index (χ1v) is 4.55. The summed E-state index contributed by atoms with van der Waals surface area (Å²) < 4.78 is 6.37. The fourth-order valence-electron chi connectivity index (χ4n) is 0.503. The molecule has 0 saturated heterocycles. The van der Waals surface area contributed by atoms with Crippen LogP contribution in [0.15, 0.2) is 22.3 Å². The lowest BCUT2D eigenvalue weighted by Crippen LogP contribution is -1.93. The largest absolute Gasteiger partial charge is 0.466 e. The van der Waals surface area contributed by atoms with Gasteiger partial charge in [-0.1, -0.05) is 34.7 Å². The van der Waals surface area contributed by atoms with Gasteiger partial charge < -0.3 is 4.74 Å². The smallest absolute Gasteiger partial charge is 0.330 e. The summed E-state index contributed by atoms with van der Waals surface area (Å²) in [6.45, 7) is 0. The molecule has 62 valence electrons. The number of esters is 1. The molecule has 0 saturated carbocycles. The maximum absolute atomic E-state index is 10.5. The molecule has 0 N–H and O–H groups in total. The van der Waals surface area contributed by atoms with Crippen molar-refractivity contribution in [1.82, 2.24) is 0 Å². The maximum atomic E-state index is 10.5. The van der Waals surface area contributed by atoms with Crippen molar-refractivity contribution in [3.63, 3.8) is 0 Å². The van der Waals surface area contributed by atoms with E-state index in [1.807, 2.05) is 16.2 Å². The van der Waals surface area contributed by atoms with E-state index < -0.39 is 0 Å². The van der Waals surface area contributed by atoms with Gasteiger partial charge in [-0.05, 0) is 16.9 Å². The molecule has 0 atom stereocenters. The van der Waals surface area contributed by atoms with E-state index in [2.05, 4.69) is 27.3 Å². The van der Waals surface area contributed by atoms with E-state index >= 15 is 0 Å². The number of allylic oxidation sites excluding steroid dienone is 2. The van der Waals surface area contributed by atoms with Gasteiger partial charge in [0.15, 0.2) is 0 Å². The molecule has 0 heterocycles. The Morgan fingerprint density at radius 1 is 1.45 bits per heavy atom. The van der Waals surface area contributed by atoms with Gasteiger partial charge in [0.1, 0.15) is 0 Å². The highest BCUT2D eigenvalue weighted by Gasteiger charge is 1.87. The monoisotopic (exact) mass is 266 g/mol. The van der Waals surface area contributed by atoms with Gasteiger partial charge in [-0.25, -0.2) is 4.79 Å². The van der Waals surface area contributed by atoms with Crippen LogP contribution >= 0.6 is 22.6 Å². The second kappa shape index (κ2) is 7.78. The van der Waals surface area contributed by atoms with Crippen molar-refractivity contribution < 1.29 is 9.53 Å². The van der Waals surface area contributed by atoms with E-state index in [1.54, 1.807) is 0 Å². The zero-order valence-electron chi connectivity index (χ0n) is 6.42. The molecule has 0 aliphatic carbocycles. The minimum atomic E-state index is -0.288. The Morgan fingerprint density at radius 3 is 2.64 bits per heavy atom. The molecule has 0 unspecified atom stereocenters. The average Bonchev–Trinajstić information content (AvgIpc) is 2.04. The normalized spacial score (nSPS) is 11.1. The van der Waals surface area contributed by atoms with Crippen LogP contribution in [0, 0.1) is 0 Å². The minimum absolute atomic E-state index is 0.288. The lowest BCUT2D eigenvalue weighted by molar-refractivity contribution is -0.134. The Hall–Kier alpha value is -0.320.